The zero-order chi connectivity index (χ0) is 23.8. The van der Waals surface area contributed by atoms with Gasteiger partial charge in [-0.05, 0) is 49.6 Å². The third-order valence-corrected chi connectivity index (χ3v) is 5.82. The van der Waals surface area contributed by atoms with Crippen LogP contribution in [0.15, 0.2) is 47.7 Å². The van der Waals surface area contributed by atoms with Gasteiger partial charge in [0.15, 0.2) is 11.6 Å². The summed E-state index contributed by atoms with van der Waals surface area (Å²) in [5.41, 5.74) is 0.759. The minimum atomic E-state index is -0.632. The molecule has 1 saturated heterocycles. The molecule has 0 bridgehead atoms. The lowest BCUT2D eigenvalue weighted by Crippen LogP contribution is -2.18. The number of carbonyl (C=O) groups excluding carboxylic acids is 1. The number of hydrogen-bond acceptors (Lipinski definition) is 5. The second-order valence-electron chi connectivity index (χ2n) is 8.48. The first-order chi connectivity index (χ1) is 16.4. The first kappa shape index (κ1) is 22.1. The van der Waals surface area contributed by atoms with Gasteiger partial charge in [-0.3, -0.25) is 9.78 Å². The van der Waals surface area contributed by atoms with Gasteiger partial charge in [0, 0.05) is 49.4 Å². The van der Waals surface area contributed by atoms with Gasteiger partial charge < -0.3 is 9.64 Å². The van der Waals surface area contributed by atoms with Crippen LogP contribution in [-0.4, -0.2) is 52.5 Å². The molecule has 0 amide bonds. The predicted octanol–water partition coefficient (Wildman–Crippen LogP) is 5.01. The molecule has 5 rings (SSSR count). The topological polar surface area (TPSA) is 72.6 Å². The molecule has 1 aliphatic heterocycles. The maximum Gasteiger partial charge on any atom is 0.196 e. The minimum Gasteiger partial charge on any atom is -0.369 e. The van der Waals surface area contributed by atoms with Gasteiger partial charge in [-0.2, -0.15) is 5.10 Å². The molecule has 9 heteroatoms. The first-order valence-corrected chi connectivity index (χ1v) is 11.1. The summed E-state index contributed by atoms with van der Waals surface area (Å²) in [6, 6.07) is 7.08. The zero-order valence-corrected chi connectivity index (χ0v) is 18.8. The Hall–Kier alpha value is -3.72. The molecule has 1 unspecified atom stereocenters. The molecule has 1 fully saturated rings. The molecule has 174 valence electrons. The fourth-order valence-electron chi connectivity index (χ4n) is 4.19. The van der Waals surface area contributed by atoms with E-state index in [0.29, 0.717) is 23.1 Å². The molecule has 3 heterocycles. The number of ether oxygens (including phenoxy) is 1. The summed E-state index contributed by atoms with van der Waals surface area (Å²) in [6.45, 7) is 0.604. The number of aliphatic imine (C=N–C) groups is 1. The highest BCUT2D eigenvalue weighted by Crippen LogP contribution is 2.35. The SMILES string of the molecule is CN(C)C=Nc1c(C(=O)c2ccc(F)c3nn(C4CCCCO4)cc23)cc(F)c2ncccc12. The second kappa shape index (κ2) is 8.90. The van der Waals surface area contributed by atoms with Crippen molar-refractivity contribution in [1.29, 1.82) is 0 Å². The first-order valence-electron chi connectivity index (χ1n) is 11.1. The number of aromatic nitrogens is 3. The normalized spacial score (nSPS) is 16.5. The average molecular weight is 463 g/mol. The van der Waals surface area contributed by atoms with Crippen molar-refractivity contribution in [3.63, 3.8) is 0 Å². The van der Waals surface area contributed by atoms with E-state index in [-0.39, 0.29) is 28.4 Å². The van der Waals surface area contributed by atoms with Crippen LogP contribution in [0.1, 0.15) is 41.4 Å². The third-order valence-electron chi connectivity index (χ3n) is 5.82. The van der Waals surface area contributed by atoms with Crippen molar-refractivity contribution in [3.05, 3.63) is 65.5 Å². The van der Waals surface area contributed by atoms with E-state index in [1.54, 1.807) is 42.0 Å². The van der Waals surface area contributed by atoms with Gasteiger partial charge in [-0.15, -0.1) is 0 Å². The lowest BCUT2D eigenvalue weighted by Gasteiger charge is -2.22. The fourth-order valence-corrected chi connectivity index (χ4v) is 4.19. The summed E-state index contributed by atoms with van der Waals surface area (Å²) < 4.78 is 36.9. The van der Waals surface area contributed by atoms with Crippen LogP contribution in [-0.2, 0) is 4.74 Å². The number of halogens is 2. The molecule has 7 nitrogen and oxygen atoms in total. The van der Waals surface area contributed by atoms with E-state index in [1.165, 1.54) is 24.7 Å². The van der Waals surface area contributed by atoms with Gasteiger partial charge in [0.05, 0.1) is 17.6 Å². The highest BCUT2D eigenvalue weighted by Gasteiger charge is 2.25. The van der Waals surface area contributed by atoms with Gasteiger partial charge in [-0.1, -0.05) is 0 Å². The molecule has 2 aromatic carbocycles. The number of ketones is 1. The molecular weight excluding hydrogens is 440 g/mol. The van der Waals surface area contributed by atoms with Crippen LogP contribution < -0.4 is 0 Å². The van der Waals surface area contributed by atoms with Gasteiger partial charge in [0.25, 0.3) is 0 Å². The number of rotatable bonds is 5. The molecule has 0 N–H and O–H groups in total. The van der Waals surface area contributed by atoms with Crippen LogP contribution >= 0.6 is 0 Å². The maximum absolute atomic E-state index is 15.0. The zero-order valence-electron chi connectivity index (χ0n) is 18.8. The molecule has 0 spiro atoms. The number of nitrogens with zero attached hydrogens (tertiary/aromatic N) is 5. The maximum atomic E-state index is 15.0. The quantitative estimate of drug-likeness (QED) is 0.236. The van der Waals surface area contributed by atoms with Crippen molar-refractivity contribution in [2.45, 2.75) is 25.5 Å². The van der Waals surface area contributed by atoms with Crippen molar-refractivity contribution in [2.75, 3.05) is 20.7 Å². The summed E-state index contributed by atoms with van der Waals surface area (Å²) in [6.07, 6.45) is 7.04. The lowest BCUT2D eigenvalue weighted by molar-refractivity contribution is -0.0391. The number of hydrogen-bond donors (Lipinski definition) is 0. The Labute approximate surface area is 194 Å². The third kappa shape index (κ3) is 3.92. The monoisotopic (exact) mass is 463 g/mol. The summed E-state index contributed by atoms with van der Waals surface area (Å²) in [5.74, 6) is -1.65. The van der Waals surface area contributed by atoms with Crippen LogP contribution in [0.25, 0.3) is 21.8 Å². The highest BCUT2D eigenvalue weighted by molar-refractivity contribution is 6.20. The molecule has 34 heavy (non-hydrogen) atoms. The van der Waals surface area contributed by atoms with Crippen LogP contribution in [0, 0.1) is 11.6 Å². The van der Waals surface area contributed by atoms with Gasteiger partial charge in [0.1, 0.15) is 23.1 Å². The molecular formula is C25H23F2N5O2. The van der Waals surface area contributed by atoms with Gasteiger partial charge in [-0.25, -0.2) is 18.5 Å². The van der Waals surface area contributed by atoms with Crippen molar-refractivity contribution >= 4 is 39.6 Å². The number of fused-ring (bicyclic) bond motifs is 2. The van der Waals surface area contributed by atoms with E-state index in [2.05, 4.69) is 15.1 Å². The Morgan fingerprint density at radius 3 is 2.76 bits per heavy atom. The summed E-state index contributed by atoms with van der Waals surface area (Å²) in [4.78, 5) is 24.0. The van der Waals surface area contributed by atoms with E-state index < -0.39 is 17.4 Å². The minimum absolute atomic E-state index is 0.0608. The Morgan fingerprint density at radius 2 is 2.00 bits per heavy atom. The fraction of sp³-hybridized carbons (Fsp3) is 0.280. The predicted molar refractivity (Wildman–Crippen MR) is 126 cm³/mol. The van der Waals surface area contributed by atoms with E-state index in [4.69, 9.17) is 4.74 Å². The molecule has 4 aromatic rings. The van der Waals surface area contributed by atoms with Crippen molar-refractivity contribution in [2.24, 2.45) is 4.99 Å². The molecule has 1 aliphatic rings. The van der Waals surface area contributed by atoms with Crippen LogP contribution in [0.2, 0.25) is 0 Å². The molecule has 1 atom stereocenters. The summed E-state index contributed by atoms with van der Waals surface area (Å²) in [5, 5.41) is 5.12. The van der Waals surface area contributed by atoms with Gasteiger partial charge >= 0.3 is 0 Å². The Bertz CT molecular complexity index is 1420. The Balaban J connectivity index is 1.68. The Morgan fingerprint density at radius 1 is 1.15 bits per heavy atom. The van der Waals surface area contributed by atoms with Crippen LogP contribution in [0.5, 0.6) is 0 Å². The molecule has 2 aromatic heterocycles. The smallest absolute Gasteiger partial charge is 0.196 e. The van der Waals surface area contributed by atoms with E-state index in [1.807, 2.05) is 0 Å². The number of benzene rings is 2. The highest BCUT2D eigenvalue weighted by atomic mass is 19.1. The summed E-state index contributed by atoms with van der Waals surface area (Å²) >= 11 is 0. The number of pyridine rings is 1. The van der Waals surface area contributed by atoms with E-state index >= 15 is 0 Å². The Kier molecular flexibility index (Phi) is 5.79. The molecule has 0 aliphatic carbocycles. The molecule has 0 radical (unpaired) electrons. The lowest BCUT2D eigenvalue weighted by atomic mass is 9.96. The second-order valence-corrected chi connectivity index (χ2v) is 8.48. The van der Waals surface area contributed by atoms with Crippen molar-refractivity contribution in [3.8, 4) is 0 Å². The van der Waals surface area contributed by atoms with E-state index in [0.717, 1.165) is 25.3 Å². The number of carbonyl (C=O) groups is 1. The standard InChI is InChI=1S/C25H23F2N5O2/c1-31(2)14-29-22-16-6-5-10-28-23(16)20(27)12-17(22)25(33)15-8-9-19(26)24-18(15)13-32(30-24)21-7-3-4-11-34-21/h5-6,8-10,12-14,21H,3-4,7,11H2,1-2H3. The van der Waals surface area contributed by atoms with Crippen LogP contribution in [0.3, 0.4) is 0 Å². The van der Waals surface area contributed by atoms with Gasteiger partial charge in [0.2, 0.25) is 0 Å². The largest absolute Gasteiger partial charge is 0.369 e. The van der Waals surface area contributed by atoms with Crippen molar-refractivity contribution < 1.29 is 18.3 Å². The average Bonchev–Trinajstić information content (AvgIpc) is 3.30. The van der Waals surface area contributed by atoms with Crippen molar-refractivity contribution in [1.82, 2.24) is 19.7 Å². The molecule has 0 saturated carbocycles. The van der Waals surface area contributed by atoms with E-state index in [9.17, 15) is 13.6 Å². The van der Waals surface area contributed by atoms with Crippen LogP contribution in [0.4, 0.5) is 14.5 Å². The summed E-state index contributed by atoms with van der Waals surface area (Å²) in [7, 11) is 3.58.